The number of hydrogen-bond acceptors (Lipinski definition) is 4. The third-order valence-corrected chi connectivity index (χ3v) is 4.68. The van der Waals surface area contributed by atoms with Crippen molar-refractivity contribution in [1.82, 2.24) is 25.2 Å². The molecule has 0 saturated heterocycles. The van der Waals surface area contributed by atoms with Crippen molar-refractivity contribution in [2.75, 3.05) is 6.54 Å². The van der Waals surface area contributed by atoms with Crippen molar-refractivity contribution in [2.45, 2.75) is 58.2 Å². The van der Waals surface area contributed by atoms with Crippen LogP contribution in [-0.4, -0.2) is 44.3 Å². The van der Waals surface area contributed by atoms with Crippen LogP contribution in [-0.2, 0) is 6.54 Å². The van der Waals surface area contributed by atoms with Crippen molar-refractivity contribution in [3.05, 3.63) is 42.1 Å². The summed E-state index contributed by atoms with van der Waals surface area (Å²) < 4.78 is 1.95. The number of imidazole rings is 1. The van der Waals surface area contributed by atoms with Gasteiger partial charge in [0, 0.05) is 31.2 Å². The standard InChI is InChI=1S/C19H28N6O.HI/c1-3-20-19(24-16-5-7-17(26)8-6-16)23-13-15-4-9-18(22-12-15)25-11-10-21-14(25)2;/h4,9-12,16-17,26H,3,5-8,13H2,1-2H3,(H2,20,23,24);1H. The molecule has 0 bridgehead atoms. The fourth-order valence-electron chi connectivity index (χ4n) is 3.18. The van der Waals surface area contributed by atoms with Crippen LogP contribution >= 0.6 is 24.0 Å². The van der Waals surface area contributed by atoms with Gasteiger partial charge in [0.15, 0.2) is 5.96 Å². The first kappa shape index (κ1) is 21.6. The van der Waals surface area contributed by atoms with Gasteiger partial charge in [-0.15, -0.1) is 24.0 Å². The van der Waals surface area contributed by atoms with E-state index in [1.165, 1.54) is 0 Å². The summed E-state index contributed by atoms with van der Waals surface area (Å²) in [5.41, 5.74) is 1.06. The third-order valence-electron chi connectivity index (χ3n) is 4.68. The summed E-state index contributed by atoms with van der Waals surface area (Å²) >= 11 is 0. The zero-order chi connectivity index (χ0) is 18.4. The molecule has 0 atom stereocenters. The molecule has 1 saturated carbocycles. The van der Waals surface area contributed by atoms with Crippen LogP contribution < -0.4 is 10.6 Å². The molecule has 8 heteroatoms. The summed E-state index contributed by atoms with van der Waals surface area (Å²) in [6, 6.07) is 4.41. The fraction of sp³-hybridized carbons (Fsp3) is 0.526. The Labute approximate surface area is 177 Å². The molecule has 148 valence electrons. The van der Waals surface area contributed by atoms with Gasteiger partial charge in [0.2, 0.25) is 0 Å². The third kappa shape index (κ3) is 6.17. The summed E-state index contributed by atoms with van der Waals surface area (Å²) in [5, 5.41) is 16.4. The topological polar surface area (TPSA) is 87.4 Å². The molecule has 1 aliphatic rings. The van der Waals surface area contributed by atoms with E-state index < -0.39 is 0 Å². The van der Waals surface area contributed by atoms with E-state index in [-0.39, 0.29) is 30.1 Å². The highest BCUT2D eigenvalue weighted by Gasteiger charge is 2.19. The number of pyridine rings is 1. The smallest absolute Gasteiger partial charge is 0.191 e. The quantitative estimate of drug-likeness (QED) is 0.345. The molecule has 1 fully saturated rings. The summed E-state index contributed by atoms with van der Waals surface area (Å²) in [4.78, 5) is 13.4. The first-order valence-electron chi connectivity index (χ1n) is 9.34. The Kier molecular flexibility index (Phi) is 8.49. The van der Waals surface area contributed by atoms with E-state index >= 15 is 0 Å². The van der Waals surface area contributed by atoms with E-state index in [0.717, 1.165) is 55.4 Å². The van der Waals surface area contributed by atoms with Crippen LogP contribution in [0.25, 0.3) is 5.82 Å². The van der Waals surface area contributed by atoms with E-state index in [9.17, 15) is 5.11 Å². The highest BCUT2D eigenvalue weighted by molar-refractivity contribution is 14.0. The summed E-state index contributed by atoms with van der Waals surface area (Å²) in [7, 11) is 0. The van der Waals surface area contributed by atoms with Gasteiger partial charge in [-0.3, -0.25) is 4.57 Å². The van der Waals surface area contributed by atoms with Crippen LogP contribution in [0.1, 0.15) is 44.0 Å². The lowest BCUT2D eigenvalue weighted by molar-refractivity contribution is 0.120. The Morgan fingerprint density at radius 3 is 2.63 bits per heavy atom. The van der Waals surface area contributed by atoms with E-state index in [2.05, 4.69) is 32.5 Å². The number of aryl methyl sites for hydroxylation is 1. The Morgan fingerprint density at radius 2 is 2.04 bits per heavy atom. The predicted octanol–water partition coefficient (Wildman–Crippen LogP) is 2.55. The van der Waals surface area contributed by atoms with Crippen molar-refractivity contribution in [3.63, 3.8) is 0 Å². The van der Waals surface area contributed by atoms with E-state index in [1.54, 1.807) is 6.20 Å². The molecule has 0 unspecified atom stereocenters. The van der Waals surface area contributed by atoms with Gasteiger partial charge < -0.3 is 15.7 Å². The molecule has 2 aromatic rings. The number of hydrogen-bond donors (Lipinski definition) is 3. The van der Waals surface area contributed by atoms with Gasteiger partial charge in [0.05, 0.1) is 12.6 Å². The highest BCUT2D eigenvalue weighted by atomic mass is 127. The molecule has 2 heterocycles. The second-order valence-electron chi connectivity index (χ2n) is 6.71. The first-order valence-corrected chi connectivity index (χ1v) is 9.34. The Balaban J connectivity index is 0.00000261. The van der Waals surface area contributed by atoms with Crippen LogP contribution in [0.2, 0.25) is 0 Å². The van der Waals surface area contributed by atoms with Crippen LogP contribution in [0, 0.1) is 6.92 Å². The number of aliphatic imine (C=N–C) groups is 1. The lowest BCUT2D eigenvalue weighted by Gasteiger charge is -2.27. The molecule has 0 radical (unpaired) electrons. The molecule has 0 amide bonds. The number of halogens is 1. The van der Waals surface area contributed by atoms with Gasteiger partial charge in [0.1, 0.15) is 11.6 Å². The lowest BCUT2D eigenvalue weighted by Crippen LogP contribution is -2.45. The molecular weight excluding hydrogens is 455 g/mol. The van der Waals surface area contributed by atoms with Crippen molar-refractivity contribution < 1.29 is 5.11 Å². The molecular formula is C19H29IN6O. The van der Waals surface area contributed by atoms with Gasteiger partial charge in [0.25, 0.3) is 0 Å². The first-order chi connectivity index (χ1) is 12.7. The number of aliphatic hydroxyl groups excluding tert-OH is 1. The SMILES string of the molecule is CCNC(=NCc1ccc(-n2ccnc2C)nc1)NC1CCC(O)CC1.I. The lowest BCUT2D eigenvalue weighted by atomic mass is 9.93. The molecule has 3 N–H and O–H groups in total. The van der Waals surface area contributed by atoms with Crippen molar-refractivity contribution in [3.8, 4) is 5.82 Å². The van der Waals surface area contributed by atoms with Gasteiger partial charge in [-0.05, 0) is 51.2 Å². The zero-order valence-electron chi connectivity index (χ0n) is 15.9. The van der Waals surface area contributed by atoms with Crippen LogP contribution in [0.5, 0.6) is 0 Å². The normalized spacial score (nSPS) is 20.0. The van der Waals surface area contributed by atoms with E-state index in [0.29, 0.717) is 12.6 Å². The molecule has 7 nitrogen and oxygen atoms in total. The Bertz CT molecular complexity index is 722. The van der Waals surface area contributed by atoms with Crippen LogP contribution in [0.15, 0.2) is 35.7 Å². The number of aromatic nitrogens is 3. The van der Waals surface area contributed by atoms with E-state index in [4.69, 9.17) is 0 Å². The van der Waals surface area contributed by atoms with Crippen molar-refractivity contribution in [2.24, 2.45) is 4.99 Å². The van der Waals surface area contributed by atoms with E-state index in [1.807, 2.05) is 36.0 Å². The maximum Gasteiger partial charge on any atom is 0.191 e. The van der Waals surface area contributed by atoms with Gasteiger partial charge in [-0.25, -0.2) is 15.0 Å². The highest BCUT2D eigenvalue weighted by Crippen LogP contribution is 2.18. The number of guanidine groups is 1. The van der Waals surface area contributed by atoms with Crippen molar-refractivity contribution >= 4 is 29.9 Å². The zero-order valence-corrected chi connectivity index (χ0v) is 18.3. The molecule has 0 spiro atoms. The fourth-order valence-corrected chi connectivity index (χ4v) is 3.18. The average Bonchev–Trinajstić information content (AvgIpc) is 3.08. The number of nitrogens with zero attached hydrogens (tertiary/aromatic N) is 4. The second-order valence-corrected chi connectivity index (χ2v) is 6.71. The minimum atomic E-state index is -0.142. The Hall–Kier alpha value is -1.68. The molecule has 1 aliphatic carbocycles. The minimum absolute atomic E-state index is 0. The Morgan fingerprint density at radius 1 is 1.26 bits per heavy atom. The number of nitrogens with one attached hydrogen (secondary N) is 2. The predicted molar refractivity (Wildman–Crippen MR) is 118 cm³/mol. The molecule has 0 aromatic carbocycles. The van der Waals surface area contributed by atoms with Crippen LogP contribution in [0.4, 0.5) is 0 Å². The minimum Gasteiger partial charge on any atom is -0.393 e. The average molecular weight is 484 g/mol. The van der Waals surface area contributed by atoms with Gasteiger partial charge in [-0.2, -0.15) is 0 Å². The summed E-state index contributed by atoms with van der Waals surface area (Å²) in [6.45, 7) is 5.41. The molecule has 2 aromatic heterocycles. The number of rotatable bonds is 5. The van der Waals surface area contributed by atoms with Crippen LogP contribution in [0.3, 0.4) is 0 Å². The number of aliphatic hydroxyl groups is 1. The van der Waals surface area contributed by atoms with Gasteiger partial charge in [-0.1, -0.05) is 6.07 Å². The summed E-state index contributed by atoms with van der Waals surface area (Å²) in [6.07, 6.45) is 9.07. The molecule has 3 rings (SSSR count). The van der Waals surface area contributed by atoms with Crippen molar-refractivity contribution in [1.29, 1.82) is 0 Å². The maximum absolute atomic E-state index is 9.64. The monoisotopic (exact) mass is 484 g/mol. The second kappa shape index (κ2) is 10.6. The maximum atomic E-state index is 9.64. The van der Waals surface area contributed by atoms with Gasteiger partial charge >= 0.3 is 0 Å². The largest absolute Gasteiger partial charge is 0.393 e. The summed E-state index contributed by atoms with van der Waals surface area (Å²) in [5.74, 6) is 2.60. The molecule has 0 aliphatic heterocycles. The molecule has 27 heavy (non-hydrogen) atoms.